The molecular weight excluding hydrogens is 316 g/mol. The molecule has 124 valence electrons. The highest BCUT2D eigenvalue weighted by Gasteiger charge is 2.09. The summed E-state index contributed by atoms with van der Waals surface area (Å²) in [6.07, 6.45) is 1.79. The maximum atomic E-state index is 12.0. The summed E-state index contributed by atoms with van der Waals surface area (Å²) in [5.74, 6) is -0.794. The topological polar surface area (TPSA) is 135 Å². The number of rotatable bonds is 5. The zero-order chi connectivity index (χ0) is 17.1. The normalized spacial score (nSPS) is 10.7. The zero-order valence-corrected chi connectivity index (χ0v) is 12.7. The fraction of sp³-hybridized carbons (Fsp3) is 0.214. The largest absolute Gasteiger partial charge is 0.417 e. The van der Waals surface area contributed by atoms with E-state index in [1.165, 1.54) is 10.9 Å². The Hall–Kier alpha value is -3.43. The quantitative estimate of drug-likeness (QED) is 0.630. The number of amides is 2. The summed E-state index contributed by atoms with van der Waals surface area (Å²) < 4.78 is 6.19. The van der Waals surface area contributed by atoms with Gasteiger partial charge in [-0.3, -0.25) is 14.6 Å². The molecule has 2 heterocycles. The van der Waals surface area contributed by atoms with Crippen LogP contribution in [0.15, 0.2) is 33.6 Å². The Morgan fingerprint density at radius 3 is 2.92 bits per heavy atom. The molecule has 0 bridgehead atoms. The molecule has 0 unspecified atom stereocenters. The number of fused-ring (bicyclic) bond motifs is 1. The molecule has 0 spiro atoms. The van der Waals surface area contributed by atoms with Crippen molar-refractivity contribution in [1.29, 1.82) is 0 Å². The maximum absolute atomic E-state index is 12.0. The smallest absolute Gasteiger partial charge is 0.408 e. The zero-order valence-electron chi connectivity index (χ0n) is 12.7. The summed E-state index contributed by atoms with van der Waals surface area (Å²) in [4.78, 5) is 36.9. The van der Waals surface area contributed by atoms with E-state index in [0.717, 1.165) is 0 Å². The Morgan fingerprint density at radius 2 is 2.12 bits per heavy atom. The minimum Gasteiger partial charge on any atom is -0.408 e. The average molecular weight is 330 g/mol. The van der Waals surface area contributed by atoms with Crippen LogP contribution in [0.25, 0.3) is 11.1 Å². The lowest BCUT2D eigenvalue weighted by molar-refractivity contribution is -0.117. The molecule has 2 aromatic heterocycles. The summed E-state index contributed by atoms with van der Waals surface area (Å²) in [6, 6.07) is 4.79. The van der Waals surface area contributed by atoms with Gasteiger partial charge < -0.3 is 15.1 Å². The summed E-state index contributed by atoms with van der Waals surface area (Å²) >= 11 is 0. The molecule has 3 N–H and O–H groups in total. The Morgan fingerprint density at radius 1 is 1.29 bits per heavy atom. The van der Waals surface area contributed by atoms with Crippen LogP contribution in [0.3, 0.4) is 0 Å². The maximum Gasteiger partial charge on any atom is 0.417 e. The lowest BCUT2D eigenvalue weighted by atomic mass is 10.3. The summed E-state index contributed by atoms with van der Waals surface area (Å²) in [5, 5.41) is 12.7. The number of carbonyl (C=O) groups is 2. The lowest BCUT2D eigenvalue weighted by Gasteiger charge is -2.04. The van der Waals surface area contributed by atoms with Gasteiger partial charge >= 0.3 is 5.76 Å². The van der Waals surface area contributed by atoms with E-state index < -0.39 is 5.76 Å². The van der Waals surface area contributed by atoms with Gasteiger partial charge in [-0.25, -0.2) is 9.48 Å². The van der Waals surface area contributed by atoms with Gasteiger partial charge in [0.2, 0.25) is 11.8 Å². The molecule has 0 radical (unpaired) electrons. The third-order valence-electron chi connectivity index (χ3n) is 3.14. The van der Waals surface area contributed by atoms with Gasteiger partial charge in [-0.05, 0) is 18.2 Å². The molecule has 3 rings (SSSR count). The number of nitrogens with zero attached hydrogens (tertiary/aromatic N) is 3. The number of hydrogen-bond donors (Lipinski definition) is 3. The van der Waals surface area contributed by atoms with Crippen LogP contribution in [0.5, 0.6) is 0 Å². The van der Waals surface area contributed by atoms with Crippen molar-refractivity contribution < 1.29 is 14.0 Å². The second-order valence-electron chi connectivity index (χ2n) is 4.98. The highest BCUT2D eigenvalue weighted by Crippen LogP contribution is 2.16. The number of aromatic amines is 1. The van der Waals surface area contributed by atoms with Crippen LogP contribution in [0.1, 0.15) is 13.3 Å². The number of benzene rings is 1. The standard InChI is InChI=1S/C14H14N6O4/c1-2-12(21)17-11-6-20(19-18-11)7-13(22)15-8-3-4-10-9(5-8)16-14(23)24-10/h3-6H,2,7H2,1H3,(H,15,22)(H,16,23)(H,17,21). The van der Waals surface area contributed by atoms with Crippen molar-refractivity contribution in [2.24, 2.45) is 0 Å². The Kier molecular flexibility index (Phi) is 4.10. The van der Waals surface area contributed by atoms with Crippen molar-refractivity contribution in [3.8, 4) is 0 Å². The predicted molar refractivity (Wildman–Crippen MR) is 84.4 cm³/mol. The number of oxazole rings is 1. The minimum absolute atomic E-state index is 0.0745. The second kappa shape index (κ2) is 6.36. The molecule has 1 aromatic carbocycles. The van der Waals surface area contributed by atoms with Gasteiger partial charge in [0.05, 0.1) is 11.7 Å². The van der Waals surface area contributed by atoms with Crippen molar-refractivity contribution in [3.63, 3.8) is 0 Å². The third kappa shape index (κ3) is 3.48. The fourth-order valence-corrected chi connectivity index (χ4v) is 2.04. The van der Waals surface area contributed by atoms with Crippen LogP contribution < -0.4 is 16.4 Å². The van der Waals surface area contributed by atoms with Crippen LogP contribution in [0, 0.1) is 0 Å². The molecule has 0 aliphatic carbocycles. The van der Waals surface area contributed by atoms with Crippen LogP contribution in [-0.2, 0) is 16.1 Å². The van der Waals surface area contributed by atoms with E-state index in [1.54, 1.807) is 25.1 Å². The van der Waals surface area contributed by atoms with E-state index in [0.29, 0.717) is 23.2 Å². The molecule has 0 atom stereocenters. The molecule has 24 heavy (non-hydrogen) atoms. The Bertz CT molecular complexity index is 953. The van der Waals surface area contributed by atoms with Crippen LogP contribution >= 0.6 is 0 Å². The molecule has 2 amide bonds. The second-order valence-corrected chi connectivity index (χ2v) is 4.98. The Labute approximate surface area is 134 Å². The molecule has 0 aliphatic heterocycles. The first-order valence-electron chi connectivity index (χ1n) is 7.16. The van der Waals surface area contributed by atoms with Crippen molar-refractivity contribution in [2.45, 2.75) is 19.9 Å². The average Bonchev–Trinajstić information content (AvgIpc) is 3.11. The predicted octanol–water partition coefficient (Wildman–Crippen LogP) is 0.700. The van der Waals surface area contributed by atoms with Gasteiger partial charge in [0.15, 0.2) is 11.4 Å². The molecule has 0 aliphatic rings. The number of carbonyl (C=O) groups excluding carboxylic acids is 2. The number of H-pyrrole nitrogens is 1. The van der Waals surface area contributed by atoms with Crippen molar-refractivity contribution in [3.05, 3.63) is 34.9 Å². The first-order valence-corrected chi connectivity index (χ1v) is 7.16. The molecule has 0 saturated carbocycles. The highest BCUT2D eigenvalue weighted by molar-refractivity contribution is 5.92. The van der Waals surface area contributed by atoms with E-state index in [2.05, 4.69) is 25.9 Å². The van der Waals surface area contributed by atoms with Crippen LogP contribution in [0.2, 0.25) is 0 Å². The van der Waals surface area contributed by atoms with Gasteiger partial charge in [-0.1, -0.05) is 12.1 Å². The summed E-state index contributed by atoms with van der Waals surface area (Å²) in [5.41, 5.74) is 1.40. The highest BCUT2D eigenvalue weighted by atomic mass is 16.4. The van der Waals surface area contributed by atoms with Gasteiger partial charge in [0.25, 0.3) is 0 Å². The van der Waals surface area contributed by atoms with Crippen molar-refractivity contribution in [1.82, 2.24) is 20.0 Å². The molecule has 0 fully saturated rings. The first kappa shape index (κ1) is 15.5. The molecule has 0 saturated heterocycles. The van der Waals surface area contributed by atoms with Gasteiger partial charge in [-0.15, -0.1) is 5.10 Å². The van der Waals surface area contributed by atoms with Gasteiger partial charge in [-0.2, -0.15) is 0 Å². The number of hydrogen-bond acceptors (Lipinski definition) is 6. The number of anilines is 2. The summed E-state index contributed by atoms with van der Waals surface area (Å²) in [7, 11) is 0. The monoisotopic (exact) mass is 330 g/mol. The Balaban J connectivity index is 1.64. The van der Waals surface area contributed by atoms with Crippen molar-refractivity contribution >= 4 is 34.4 Å². The molecular formula is C14H14N6O4. The van der Waals surface area contributed by atoms with Crippen molar-refractivity contribution in [2.75, 3.05) is 10.6 Å². The van der Waals surface area contributed by atoms with E-state index in [-0.39, 0.29) is 24.2 Å². The summed E-state index contributed by atoms with van der Waals surface area (Å²) in [6.45, 7) is 1.65. The van der Waals surface area contributed by atoms with E-state index in [1.807, 2.05) is 0 Å². The third-order valence-corrected chi connectivity index (χ3v) is 3.14. The van der Waals surface area contributed by atoms with Gasteiger partial charge in [0, 0.05) is 12.1 Å². The van der Waals surface area contributed by atoms with E-state index >= 15 is 0 Å². The molecule has 10 nitrogen and oxygen atoms in total. The number of aromatic nitrogens is 4. The van der Waals surface area contributed by atoms with Crippen LogP contribution in [-0.4, -0.2) is 31.8 Å². The fourth-order valence-electron chi connectivity index (χ4n) is 2.04. The molecule has 10 heteroatoms. The molecule has 3 aromatic rings. The first-order chi connectivity index (χ1) is 11.5. The van der Waals surface area contributed by atoms with Crippen LogP contribution in [0.4, 0.5) is 11.5 Å². The van der Waals surface area contributed by atoms with Gasteiger partial charge in [0.1, 0.15) is 6.54 Å². The minimum atomic E-state index is -0.558. The SMILES string of the molecule is CCC(=O)Nc1cn(CC(=O)Nc2ccc3oc(=O)[nH]c3c2)nn1. The lowest BCUT2D eigenvalue weighted by Crippen LogP contribution is -2.19. The number of nitrogens with one attached hydrogen (secondary N) is 3. The van der Waals surface area contributed by atoms with E-state index in [9.17, 15) is 14.4 Å². The van der Waals surface area contributed by atoms with E-state index in [4.69, 9.17) is 4.42 Å².